The first kappa shape index (κ1) is 39.1. The smallest absolute Gasteiger partial charge is 0.407 e. The third-order valence-electron chi connectivity index (χ3n) is 11.2. The highest BCUT2D eigenvalue weighted by Gasteiger charge is 2.50. The summed E-state index contributed by atoms with van der Waals surface area (Å²) in [5, 5.41) is 15.7. The van der Waals surface area contributed by atoms with Crippen molar-refractivity contribution in [1.82, 2.24) is 14.9 Å². The van der Waals surface area contributed by atoms with E-state index >= 15 is 0 Å². The second-order valence-electron chi connectivity index (χ2n) is 16.3. The number of carbonyl (C=O) groups is 3. The van der Waals surface area contributed by atoms with Crippen molar-refractivity contribution in [3.8, 4) is 17.1 Å². The Kier molecular flexibility index (Phi) is 10.6. The Labute approximate surface area is 306 Å². The summed E-state index contributed by atoms with van der Waals surface area (Å²) in [7, 11) is -2.41. The molecule has 0 fully saturated rings. The van der Waals surface area contributed by atoms with Gasteiger partial charge in [-0.15, -0.1) is 0 Å². The van der Waals surface area contributed by atoms with Gasteiger partial charge in [0.05, 0.1) is 37.1 Å². The third-order valence-corrected chi connectivity index (χ3v) is 16.8. The van der Waals surface area contributed by atoms with Crippen molar-refractivity contribution in [2.75, 3.05) is 6.54 Å². The van der Waals surface area contributed by atoms with Gasteiger partial charge in [0.1, 0.15) is 18.0 Å². The van der Waals surface area contributed by atoms with Gasteiger partial charge in [-0.1, -0.05) is 47.7 Å². The quantitative estimate of drug-likeness (QED) is 0.0616. The molecule has 12 nitrogen and oxygen atoms in total. The number of aliphatic hydroxyl groups excluding tert-OH is 1. The van der Waals surface area contributed by atoms with Gasteiger partial charge >= 0.3 is 18.0 Å². The molecule has 2 aliphatic heterocycles. The van der Waals surface area contributed by atoms with E-state index in [0.717, 1.165) is 16.1 Å². The predicted octanol–water partition coefficient (Wildman–Crippen LogP) is 6.00. The van der Waals surface area contributed by atoms with Crippen molar-refractivity contribution >= 4 is 42.2 Å². The number of esters is 2. The molecule has 3 aromatic rings. The fourth-order valence-corrected chi connectivity index (χ4v) is 11.2. The number of alkyl carbamates (subject to hydrolysis) is 1. The predicted molar refractivity (Wildman–Crippen MR) is 200 cm³/mol. The van der Waals surface area contributed by atoms with Crippen LogP contribution in [0.3, 0.4) is 0 Å². The Morgan fingerprint density at radius 1 is 1.12 bits per heavy atom. The summed E-state index contributed by atoms with van der Waals surface area (Å²) >= 11 is 0. The largest absolute Gasteiger partial charge is 0.458 e. The number of hydrogen-bond acceptors (Lipinski definition) is 10. The molecule has 1 amide bonds. The van der Waals surface area contributed by atoms with Gasteiger partial charge in [0.15, 0.2) is 11.9 Å². The summed E-state index contributed by atoms with van der Waals surface area (Å²) in [5.41, 5.74) is 0.805. The van der Waals surface area contributed by atoms with E-state index in [4.69, 9.17) is 23.9 Å². The lowest BCUT2D eigenvalue weighted by Crippen LogP contribution is -2.54. The molecule has 0 aliphatic carbocycles. The molecule has 2 aromatic heterocycles. The number of amides is 1. The number of ether oxygens (including phenoxy) is 4. The van der Waals surface area contributed by atoms with Crippen LogP contribution in [0.1, 0.15) is 98.3 Å². The zero-order valence-electron chi connectivity index (χ0n) is 32.3. The molecule has 13 heteroatoms. The molecule has 5 rings (SSSR count). The van der Waals surface area contributed by atoms with Gasteiger partial charge < -0.3 is 33.9 Å². The molecule has 0 saturated carbocycles. The maximum absolute atomic E-state index is 14.4. The molecular weight excluding hydrogens is 683 g/mol. The Morgan fingerprint density at radius 3 is 2.42 bits per heavy atom. The molecular formula is C39H53N3O9Si. The van der Waals surface area contributed by atoms with E-state index in [2.05, 4.69) is 46.1 Å². The Hall–Kier alpha value is -4.07. The highest BCUT2D eigenvalue weighted by atomic mass is 28.3. The van der Waals surface area contributed by atoms with Gasteiger partial charge in [-0.25, -0.2) is 14.6 Å². The lowest BCUT2D eigenvalue weighted by atomic mass is 9.85. The van der Waals surface area contributed by atoms with Gasteiger partial charge in [-0.3, -0.25) is 9.59 Å². The van der Waals surface area contributed by atoms with Crippen molar-refractivity contribution in [1.29, 1.82) is 0 Å². The molecule has 2 aliphatic rings. The van der Waals surface area contributed by atoms with Crippen LogP contribution < -0.4 is 20.8 Å². The van der Waals surface area contributed by atoms with E-state index in [1.807, 2.05) is 12.1 Å². The van der Waals surface area contributed by atoms with E-state index < -0.39 is 43.6 Å². The van der Waals surface area contributed by atoms with Gasteiger partial charge in [-0.05, 0) is 86.0 Å². The molecule has 0 saturated heterocycles. The Morgan fingerprint density at radius 2 is 1.81 bits per heavy atom. The van der Waals surface area contributed by atoms with Crippen molar-refractivity contribution in [2.24, 2.45) is 5.92 Å². The van der Waals surface area contributed by atoms with Crippen LogP contribution in [0.5, 0.6) is 5.75 Å². The summed E-state index contributed by atoms with van der Waals surface area (Å²) in [6, 6.07) is 7.25. The molecule has 0 spiro atoms. The summed E-state index contributed by atoms with van der Waals surface area (Å²) in [5.74, 6) is -0.334. The van der Waals surface area contributed by atoms with E-state index in [1.54, 1.807) is 44.4 Å². The lowest BCUT2D eigenvalue weighted by molar-refractivity contribution is -0.222. The minimum Gasteiger partial charge on any atom is -0.458 e. The standard InChI is InChI=1S/C39H53N3O9Si/c1-12-39(50-31(44)14-13-17-40-36(47)51-37(5,6)7)28-19-30-32-26(20-42(30)34(45)27(28)21-48-35(39)46)33(52(10,11)38(8,9)22(2)3)25-18-24(49-23(4)43)15-16-29(25)41-32/h15-16,18-19,22,31,44H,12-14,17,20-21H2,1-11H3,(H,40,47)/t31?,39-/m0/s1. The number of aliphatic hydroxyl groups is 1. The molecule has 1 unspecified atom stereocenters. The number of hydrogen-bond donors (Lipinski definition) is 2. The maximum Gasteiger partial charge on any atom is 0.407 e. The fourth-order valence-electron chi connectivity index (χ4n) is 7.30. The van der Waals surface area contributed by atoms with Crippen molar-refractivity contribution in [3.63, 3.8) is 0 Å². The lowest BCUT2D eigenvalue weighted by Gasteiger charge is -2.45. The summed E-state index contributed by atoms with van der Waals surface area (Å²) in [6.45, 7) is 22.4. The fraction of sp³-hybridized carbons (Fsp3) is 0.564. The molecule has 282 valence electrons. The van der Waals surface area contributed by atoms with Crippen LogP contribution in [0, 0.1) is 5.92 Å². The van der Waals surface area contributed by atoms with Crippen LogP contribution in [0.15, 0.2) is 29.1 Å². The topological polar surface area (TPSA) is 155 Å². The average Bonchev–Trinajstić information content (AvgIpc) is 3.40. The third kappa shape index (κ3) is 7.02. The van der Waals surface area contributed by atoms with Crippen molar-refractivity contribution < 1.29 is 38.4 Å². The molecule has 1 aromatic carbocycles. The first-order chi connectivity index (χ1) is 24.1. The first-order valence-corrected chi connectivity index (χ1v) is 21.1. The number of carbonyl (C=O) groups excluding carboxylic acids is 3. The van der Waals surface area contributed by atoms with Crippen LogP contribution in [0.4, 0.5) is 4.79 Å². The van der Waals surface area contributed by atoms with Crippen LogP contribution in [-0.2, 0) is 42.6 Å². The Balaban J connectivity index is 1.60. The van der Waals surface area contributed by atoms with Gasteiger partial charge in [-0.2, -0.15) is 0 Å². The number of nitrogens with one attached hydrogen (secondary N) is 1. The molecule has 2 atom stereocenters. The Bertz CT molecular complexity index is 1980. The van der Waals surface area contributed by atoms with Gasteiger partial charge in [0, 0.05) is 24.4 Å². The summed E-state index contributed by atoms with van der Waals surface area (Å²) < 4.78 is 24.2. The van der Waals surface area contributed by atoms with E-state index in [9.17, 15) is 24.3 Å². The van der Waals surface area contributed by atoms with Gasteiger partial charge in [0.25, 0.3) is 5.56 Å². The molecule has 52 heavy (non-hydrogen) atoms. The monoisotopic (exact) mass is 735 g/mol. The number of fused-ring (bicyclic) bond motifs is 5. The van der Waals surface area contributed by atoms with Crippen LogP contribution in [0.25, 0.3) is 22.3 Å². The number of benzene rings is 1. The number of aromatic nitrogens is 2. The van der Waals surface area contributed by atoms with Crippen LogP contribution in [0.2, 0.25) is 18.1 Å². The highest BCUT2D eigenvalue weighted by Crippen LogP contribution is 2.47. The SMILES string of the molecule is CC[C@@]1(OC(O)CCCNC(=O)OC(C)(C)C)C(=O)OCc2c1cc1n(c2=O)Cc2c-1nc1ccc(OC(C)=O)cc1c2[Si](C)(C)C(C)(C)C(C)C. The number of rotatable bonds is 11. The number of pyridine rings is 2. The first-order valence-electron chi connectivity index (χ1n) is 18.1. The number of cyclic esters (lactones) is 1. The summed E-state index contributed by atoms with van der Waals surface area (Å²) in [4.78, 5) is 57.1. The van der Waals surface area contributed by atoms with E-state index in [1.165, 1.54) is 6.92 Å². The minimum absolute atomic E-state index is 0.0878. The normalized spacial score (nSPS) is 17.7. The second-order valence-corrected chi connectivity index (χ2v) is 21.3. The van der Waals surface area contributed by atoms with Crippen LogP contribution in [-0.4, -0.2) is 59.2 Å². The zero-order chi connectivity index (χ0) is 38.6. The molecule has 0 radical (unpaired) electrons. The highest BCUT2D eigenvalue weighted by molar-refractivity contribution is 6.94. The van der Waals surface area contributed by atoms with Crippen LogP contribution >= 0.6 is 0 Å². The average molecular weight is 736 g/mol. The maximum atomic E-state index is 14.4. The molecule has 2 N–H and O–H groups in total. The van der Waals surface area contributed by atoms with Gasteiger partial charge in [0.2, 0.25) is 0 Å². The zero-order valence-corrected chi connectivity index (χ0v) is 33.3. The summed E-state index contributed by atoms with van der Waals surface area (Å²) in [6.07, 6.45) is -1.43. The van der Waals surface area contributed by atoms with Crippen molar-refractivity contribution in [3.05, 3.63) is 51.3 Å². The molecule has 4 heterocycles. The van der Waals surface area contributed by atoms with E-state index in [0.29, 0.717) is 46.1 Å². The van der Waals surface area contributed by atoms with E-state index in [-0.39, 0.29) is 43.1 Å². The second kappa shape index (κ2) is 14.1. The molecule has 0 bridgehead atoms. The van der Waals surface area contributed by atoms with Crippen molar-refractivity contribution in [2.45, 2.75) is 130 Å². The number of nitrogens with zero attached hydrogens (tertiary/aromatic N) is 2. The minimum atomic E-state index is -2.41.